The number of carboxylic acid groups (broad SMARTS) is 1. The second kappa shape index (κ2) is 3.83. The fraction of sp³-hybridized carbons (Fsp3) is 0.333. The van der Waals surface area contributed by atoms with Crippen molar-refractivity contribution in [2.24, 2.45) is 4.99 Å². The first-order valence-corrected chi connectivity index (χ1v) is 2.60. The Morgan fingerprint density at radius 3 is 2.56 bits per heavy atom. The van der Waals surface area contributed by atoms with Crippen LogP contribution < -0.4 is 0 Å². The Kier molecular flexibility index (Phi) is 3.35. The van der Waals surface area contributed by atoms with E-state index >= 15 is 0 Å². The van der Waals surface area contributed by atoms with Crippen LogP contribution in [0.15, 0.2) is 16.8 Å². The maximum absolute atomic E-state index is 10.2. The third-order valence-electron chi connectivity index (χ3n) is 0.903. The standard InChI is InChI=1S/C6H9NO2/c1-3-5(4-7-2)6(8)9/h4H,2-3H2,1H3,(H,8,9)/b5-4+. The molecule has 0 aromatic rings. The number of aliphatic carboxylic acids is 1. The van der Waals surface area contributed by atoms with E-state index in [1.165, 1.54) is 6.20 Å². The second-order valence-electron chi connectivity index (χ2n) is 1.50. The minimum atomic E-state index is -0.926. The molecule has 0 amide bonds. The van der Waals surface area contributed by atoms with Crippen molar-refractivity contribution in [3.05, 3.63) is 11.8 Å². The van der Waals surface area contributed by atoms with Crippen molar-refractivity contribution in [2.75, 3.05) is 0 Å². The largest absolute Gasteiger partial charge is 0.478 e. The molecule has 3 nitrogen and oxygen atoms in total. The highest BCUT2D eigenvalue weighted by molar-refractivity contribution is 5.86. The summed E-state index contributed by atoms with van der Waals surface area (Å²) >= 11 is 0. The van der Waals surface area contributed by atoms with Crippen molar-refractivity contribution in [1.29, 1.82) is 0 Å². The number of hydrogen-bond acceptors (Lipinski definition) is 2. The normalized spacial score (nSPS) is 11.0. The number of carboxylic acids is 1. The van der Waals surface area contributed by atoms with E-state index in [1.807, 2.05) is 0 Å². The summed E-state index contributed by atoms with van der Waals surface area (Å²) in [4.78, 5) is 13.5. The Morgan fingerprint density at radius 2 is 2.44 bits per heavy atom. The minimum Gasteiger partial charge on any atom is -0.478 e. The number of rotatable bonds is 3. The van der Waals surface area contributed by atoms with Crippen molar-refractivity contribution in [1.82, 2.24) is 0 Å². The lowest BCUT2D eigenvalue weighted by Gasteiger charge is -1.91. The Balaban J connectivity index is 4.14. The SMILES string of the molecule is C=N/C=C(\CC)C(=O)O. The van der Waals surface area contributed by atoms with Crippen LogP contribution in [0.5, 0.6) is 0 Å². The lowest BCUT2D eigenvalue weighted by atomic mass is 10.2. The molecule has 0 aliphatic heterocycles. The Hall–Kier alpha value is -1.12. The highest BCUT2D eigenvalue weighted by atomic mass is 16.4. The zero-order valence-electron chi connectivity index (χ0n) is 5.29. The van der Waals surface area contributed by atoms with E-state index in [2.05, 4.69) is 11.7 Å². The van der Waals surface area contributed by atoms with Gasteiger partial charge in [0.25, 0.3) is 0 Å². The summed E-state index contributed by atoms with van der Waals surface area (Å²) in [6, 6.07) is 0. The monoisotopic (exact) mass is 127 g/mol. The topological polar surface area (TPSA) is 49.7 Å². The van der Waals surface area contributed by atoms with Crippen LogP contribution in [0.4, 0.5) is 0 Å². The smallest absolute Gasteiger partial charge is 0.333 e. The molecule has 0 radical (unpaired) electrons. The van der Waals surface area contributed by atoms with E-state index in [-0.39, 0.29) is 5.57 Å². The van der Waals surface area contributed by atoms with E-state index in [0.29, 0.717) is 6.42 Å². The second-order valence-corrected chi connectivity index (χ2v) is 1.50. The molecule has 0 spiro atoms. The fourth-order valence-electron chi connectivity index (χ4n) is 0.408. The predicted octanol–water partition coefficient (Wildman–Crippen LogP) is 1.07. The van der Waals surface area contributed by atoms with Gasteiger partial charge in [0.2, 0.25) is 0 Å². The summed E-state index contributed by atoms with van der Waals surface area (Å²) < 4.78 is 0. The van der Waals surface area contributed by atoms with Crippen molar-refractivity contribution in [2.45, 2.75) is 13.3 Å². The summed E-state index contributed by atoms with van der Waals surface area (Å²) in [6.07, 6.45) is 1.73. The molecule has 0 saturated carbocycles. The molecule has 0 aromatic carbocycles. The van der Waals surface area contributed by atoms with E-state index in [4.69, 9.17) is 5.11 Å². The highest BCUT2D eigenvalue weighted by Crippen LogP contribution is 1.98. The molecule has 0 fully saturated rings. The molecule has 50 valence electrons. The highest BCUT2D eigenvalue weighted by Gasteiger charge is 2.01. The summed E-state index contributed by atoms with van der Waals surface area (Å²) in [5.41, 5.74) is 0.282. The Labute approximate surface area is 53.7 Å². The molecule has 9 heavy (non-hydrogen) atoms. The van der Waals surface area contributed by atoms with Gasteiger partial charge in [0.15, 0.2) is 0 Å². The first kappa shape index (κ1) is 7.88. The van der Waals surface area contributed by atoms with Gasteiger partial charge in [-0.2, -0.15) is 0 Å². The van der Waals surface area contributed by atoms with Gasteiger partial charge in [-0.3, -0.25) is 4.99 Å². The van der Waals surface area contributed by atoms with Gasteiger partial charge in [-0.05, 0) is 13.1 Å². The van der Waals surface area contributed by atoms with Gasteiger partial charge < -0.3 is 5.11 Å². The van der Waals surface area contributed by atoms with Gasteiger partial charge in [-0.15, -0.1) is 0 Å². The van der Waals surface area contributed by atoms with Crippen LogP contribution in [0.2, 0.25) is 0 Å². The molecule has 0 bridgehead atoms. The average molecular weight is 127 g/mol. The summed E-state index contributed by atoms with van der Waals surface area (Å²) in [6.45, 7) is 4.90. The molecule has 0 saturated heterocycles. The number of carbonyl (C=O) groups is 1. The first-order valence-electron chi connectivity index (χ1n) is 2.60. The maximum atomic E-state index is 10.2. The molecule has 0 aromatic heterocycles. The molecule has 1 N–H and O–H groups in total. The lowest BCUT2D eigenvalue weighted by molar-refractivity contribution is -0.132. The van der Waals surface area contributed by atoms with Crippen LogP contribution in [-0.4, -0.2) is 17.8 Å². The third-order valence-corrected chi connectivity index (χ3v) is 0.903. The summed E-state index contributed by atoms with van der Waals surface area (Å²) in [5, 5.41) is 8.35. The van der Waals surface area contributed by atoms with Gasteiger partial charge in [-0.1, -0.05) is 6.92 Å². The zero-order chi connectivity index (χ0) is 7.28. The van der Waals surface area contributed by atoms with Gasteiger partial charge >= 0.3 is 5.97 Å². The van der Waals surface area contributed by atoms with E-state index in [0.717, 1.165) is 0 Å². The van der Waals surface area contributed by atoms with Crippen molar-refractivity contribution in [3.8, 4) is 0 Å². The van der Waals surface area contributed by atoms with Crippen LogP contribution in [-0.2, 0) is 4.79 Å². The van der Waals surface area contributed by atoms with Crippen molar-refractivity contribution >= 4 is 12.7 Å². The van der Waals surface area contributed by atoms with Crippen LogP contribution >= 0.6 is 0 Å². The molecular weight excluding hydrogens is 118 g/mol. The predicted molar refractivity (Wildman–Crippen MR) is 35.6 cm³/mol. The molecule has 0 unspecified atom stereocenters. The summed E-state index contributed by atoms with van der Waals surface area (Å²) in [5.74, 6) is -0.926. The van der Waals surface area contributed by atoms with Gasteiger partial charge in [-0.25, -0.2) is 4.79 Å². The van der Waals surface area contributed by atoms with Crippen LogP contribution in [0.25, 0.3) is 0 Å². The van der Waals surface area contributed by atoms with Gasteiger partial charge in [0, 0.05) is 6.20 Å². The molecule has 0 rings (SSSR count). The van der Waals surface area contributed by atoms with Crippen LogP contribution in [0.1, 0.15) is 13.3 Å². The fourth-order valence-corrected chi connectivity index (χ4v) is 0.408. The molecule has 0 aliphatic carbocycles. The lowest BCUT2D eigenvalue weighted by Crippen LogP contribution is -1.97. The van der Waals surface area contributed by atoms with Gasteiger partial charge in [0.1, 0.15) is 0 Å². The molecule has 0 heterocycles. The number of hydrogen-bond donors (Lipinski definition) is 1. The Morgan fingerprint density at radius 1 is 1.89 bits per heavy atom. The van der Waals surface area contributed by atoms with E-state index in [9.17, 15) is 4.79 Å². The zero-order valence-corrected chi connectivity index (χ0v) is 5.29. The Bertz CT molecular complexity index is 149. The quantitative estimate of drug-likeness (QED) is 0.455. The number of nitrogens with zero attached hydrogens (tertiary/aromatic N) is 1. The van der Waals surface area contributed by atoms with Gasteiger partial charge in [0.05, 0.1) is 5.57 Å². The van der Waals surface area contributed by atoms with Crippen LogP contribution in [0.3, 0.4) is 0 Å². The average Bonchev–Trinajstić information content (AvgIpc) is 1.82. The molecular formula is C6H9NO2. The minimum absolute atomic E-state index is 0.282. The van der Waals surface area contributed by atoms with Crippen molar-refractivity contribution < 1.29 is 9.90 Å². The van der Waals surface area contributed by atoms with Crippen molar-refractivity contribution in [3.63, 3.8) is 0 Å². The van der Waals surface area contributed by atoms with E-state index in [1.54, 1.807) is 6.92 Å². The summed E-state index contributed by atoms with van der Waals surface area (Å²) in [7, 11) is 0. The third kappa shape index (κ3) is 2.64. The van der Waals surface area contributed by atoms with E-state index < -0.39 is 5.97 Å². The first-order chi connectivity index (χ1) is 4.22. The maximum Gasteiger partial charge on any atom is 0.333 e. The molecule has 0 aliphatic rings. The number of aliphatic imine (C=N–C) groups is 1. The molecule has 3 heteroatoms. The van der Waals surface area contributed by atoms with Crippen LogP contribution in [0, 0.1) is 0 Å². The molecule has 0 atom stereocenters.